The van der Waals surface area contributed by atoms with Crippen molar-refractivity contribution in [1.82, 2.24) is 10.6 Å². The van der Waals surface area contributed by atoms with Crippen LogP contribution in [0, 0.1) is 0 Å². The molecular weight excluding hydrogens is 382 g/mol. The Balaban J connectivity index is 1.90. The van der Waals surface area contributed by atoms with Crippen molar-refractivity contribution in [2.24, 2.45) is 5.73 Å². The van der Waals surface area contributed by atoms with Gasteiger partial charge in [0.15, 0.2) is 6.10 Å². The van der Waals surface area contributed by atoms with E-state index in [4.69, 9.17) is 22.1 Å². The van der Waals surface area contributed by atoms with Gasteiger partial charge in [0.05, 0.1) is 12.5 Å². The summed E-state index contributed by atoms with van der Waals surface area (Å²) in [6.07, 6.45) is -1.16. The second-order valence-corrected chi connectivity index (χ2v) is 6.59. The molecule has 28 heavy (non-hydrogen) atoms. The summed E-state index contributed by atoms with van der Waals surface area (Å²) >= 11 is 5.86. The predicted octanol–water partition coefficient (Wildman–Crippen LogP) is 2.69. The van der Waals surface area contributed by atoms with Crippen LogP contribution in [0.15, 0.2) is 54.6 Å². The van der Waals surface area contributed by atoms with Gasteiger partial charge in [-0.25, -0.2) is 4.79 Å². The molecule has 0 aromatic heterocycles. The van der Waals surface area contributed by atoms with Gasteiger partial charge >= 0.3 is 12.0 Å². The van der Waals surface area contributed by atoms with Crippen molar-refractivity contribution in [2.45, 2.75) is 32.0 Å². The average molecular weight is 404 g/mol. The SMILES string of the molecule is C[C@@H](OC(=O)C[C@H](NC(N)=O)c1ccc(Cl)cc1)C(=O)NCc1ccccc1. The number of nitrogens with one attached hydrogen (secondary N) is 2. The highest BCUT2D eigenvalue weighted by Gasteiger charge is 2.22. The molecule has 0 bridgehead atoms. The minimum Gasteiger partial charge on any atom is -0.452 e. The Bertz CT molecular complexity index is 812. The van der Waals surface area contributed by atoms with Gasteiger partial charge in [-0.05, 0) is 30.2 Å². The highest BCUT2D eigenvalue weighted by Crippen LogP contribution is 2.20. The van der Waals surface area contributed by atoms with Gasteiger partial charge in [0.2, 0.25) is 0 Å². The first kappa shape index (κ1) is 21.2. The number of hydrogen-bond donors (Lipinski definition) is 3. The average Bonchev–Trinajstić information content (AvgIpc) is 2.66. The third-order valence-electron chi connectivity index (χ3n) is 3.95. The van der Waals surface area contributed by atoms with Crippen LogP contribution in [0.5, 0.6) is 0 Å². The quantitative estimate of drug-likeness (QED) is 0.588. The fourth-order valence-electron chi connectivity index (χ4n) is 2.51. The second-order valence-electron chi connectivity index (χ2n) is 6.15. The van der Waals surface area contributed by atoms with Gasteiger partial charge in [0, 0.05) is 11.6 Å². The zero-order chi connectivity index (χ0) is 20.5. The van der Waals surface area contributed by atoms with Crippen molar-refractivity contribution in [3.8, 4) is 0 Å². The molecule has 0 aliphatic rings. The van der Waals surface area contributed by atoms with Crippen LogP contribution in [-0.4, -0.2) is 24.0 Å². The molecule has 0 heterocycles. The van der Waals surface area contributed by atoms with Crippen LogP contribution in [-0.2, 0) is 20.9 Å². The van der Waals surface area contributed by atoms with Gasteiger partial charge in [-0.3, -0.25) is 9.59 Å². The van der Waals surface area contributed by atoms with Crippen molar-refractivity contribution in [2.75, 3.05) is 0 Å². The maximum atomic E-state index is 12.2. The first-order valence-corrected chi connectivity index (χ1v) is 9.05. The number of benzene rings is 2. The van der Waals surface area contributed by atoms with Gasteiger partial charge < -0.3 is 21.1 Å². The first-order chi connectivity index (χ1) is 13.3. The molecule has 148 valence electrons. The Hall–Kier alpha value is -3.06. The van der Waals surface area contributed by atoms with Gasteiger partial charge in [-0.1, -0.05) is 54.1 Å². The lowest BCUT2D eigenvalue weighted by molar-refractivity contribution is -0.155. The molecule has 0 saturated carbocycles. The summed E-state index contributed by atoms with van der Waals surface area (Å²) in [4.78, 5) is 35.6. The number of primary amides is 1. The van der Waals surface area contributed by atoms with Crippen LogP contribution in [0.3, 0.4) is 0 Å². The number of nitrogens with two attached hydrogens (primary N) is 1. The van der Waals surface area contributed by atoms with Crippen LogP contribution in [0.2, 0.25) is 5.02 Å². The molecule has 4 N–H and O–H groups in total. The molecule has 2 rings (SSSR count). The lowest BCUT2D eigenvalue weighted by Crippen LogP contribution is -2.37. The van der Waals surface area contributed by atoms with E-state index < -0.39 is 30.1 Å². The molecule has 2 atom stereocenters. The Morgan fingerprint density at radius 1 is 1.07 bits per heavy atom. The van der Waals surface area contributed by atoms with Gasteiger partial charge in [0.25, 0.3) is 5.91 Å². The molecule has 0 aliphatic heterocycles. The number of carbonyl (C=O) groups is 3. The van der Waals surface area contributed by atoms with E-state index in [9.17, 15) is 14.4 Å². The molecular formula is C20H22ClN3O4. The normalized spacial score (nSPS) is 12.5. The molecule has 0 saturated heterocycles. The molecule has 8 heteroatoms. The van der Waals surface area contributed by atoms with Crippen molar-refractivity contribution in [3.05, 3.63) is 70.7 Å². The third kappa shape index (κ3) is 6.92. The first-order valence-electron chi connectivity index (χ1n) is 8.67. The van der Waals surface area contributed by atoms with Gasteiger partial charge in [-0.15, -0.1) is 0 Å². The fraction of sp³-hybridized carbons (Fsp3) is 0.250. The second kappa shape index (κ2) is 10.3. The molecule has 0 unspecified atom stereocenters. The van der Waals surface area contributed by atoms with Crippen LogP contribution in [0.1, 0.15) is 30.5 Å². The Labute approximate surface area is 168 Å². The topological polar surface area (TPSA) is 111 Å². The number of hydrogen-bond acceptors (Lipinski definition) is 4. The van der Waals surface area contributed by atoms with Crippen molar-refractivity contribution in [3.63, 3.8) is 0 Å². The number of ether oxygens (including phenoxy) is 1. The smallest absolute Gasteiger partial charge is 0.312 e. The molecule has 3 amide bonds. The van der Waals surface area contributed by atoms with Crippen LogP contribution in [0.25, 0.3) is 0 Å². The number of urea groups is 1. The van der Waals surface area contributed by atoms with E-state index >= 15 is 0 Å². The number of rotatable bonds is 8. The summed E-state index contributed by atoms with van der Waals surface area (Å²) in [7, 11) is 0. The zero-order valence-electron chi connectivity index (χ0n) is 15.4. The highest BCUT2D eigenvalue weighted by atomic mass is 35.5. The summed E-state index contributed by atoms with van der Waals surface area (Å²) < 4.78 is 5.19. The fourth-order valence-corrected chi connectivity index (χ4v) is 2.64. The van der Waals surface area contributed by atoms with Crippen molar-refractivity contribution in [1.29, 1.82) is 0 Å². The highest BCUT2D eigenvalue weighted by molar-refractivity contribution is 6.30. The molecule has 0 fully saturated rings. The Kier molecular flexibility index (Phi) is 7.83. The molecule has 0 aliphatic carbocycles. The predicted molar refractivity (Wildman–Crippen MR) is 105 cm³/mol. The zero-order valence-corrected chi connectivity index (χ0v) is 16.1. The van der Waals surface area contributed by atoms with E-state index in [1.807, 2.05) is 30.3 Å². The molecule has 7 nitrogen and oxygen atoms in total. The Morgan fingerprint density at radius 3 is 2.32 bits per heavy atom. The lowest BCUT2D eigenvalue weighted by Gasteiger charge is -2.19. The number of amides is 3. The van der Waals surface area contributed by atoms with E-state index in [0.29, 0.717) is 17.1 Å². The number of carbonyl (C=O) groups excluding carboxylic acids is 3. The third-order valence-corrected chi connectivity index (χ3v) is 4.20. The van der Waals surface area contributed by atoms with Gasteiger partial charge in [-0.2, -0.15) is 0 Å². The summed E-state index contributed by atoms with van der Waals surface area (Å²) in [5, 5.41) is 5.72. The largest absolute Gasteiger partial charge is 0.452 e. The van der Waals surface area contributed by atoms with Crippen molar-refractivity contribution >= 4 is 29.5 Å². The monoisotopic (exact) mass is 403 g/mol. The van der Waals surface area contributed by atoms with E-state index in [-0.39, 0.29) is 6.42 Å². The molecule has 2 aromatic carbocycles. The number of halogens is 1. The minimum atomic E-state index is -0.976. The number of esters is 1. The Morgan fingerprint density at radius 2 is 1.71 bits per heavy atom. The summed E-state index contributed by atoms with van der Waals surface area (Å²) in [6.45, 7) is 1.81. The van der Waals surface area contributed by atoms with Crippen molar-refractivity contribution < 1.29 is 19.1 Å². The maximum Gasteiger partial charge on any atom is 0.312 e. The van der Waals surface area contributed by atoms with E-state index in [0.717, 1.165) is 5.56 Å². The summed E-state index contributed by atoms with van der Waals surface area (Å²) in [5.41, 5.74) is 6.76. The van der Waals surface area contributed by atoms with Crippen LogP contribution < -0.4 is 16.4 Å². The van der Waals surface area contributed by atoms with Gasteiger partial charge in [0.1, 0.15) is 0 Å². The van der Waals surface area contributed by atoms with E-state index in [1.165, 1.54) is 6.92 Å². The summed E-state index contributed by atoms with van der Waals surface area (Å²) in [6, 6.07) is 14.5. The van der Waals surface area contributed by atoms with E-state index in [1.54, 1.807) is 24.3 Å². The molecule has 0 spiro atoms. The maximum absolute atomic E-state index is 12.2. The molecule has 2 aromatic rings. The minimum absolute atomic E-state index is 0.180. The van der Waals surface area contributed by atoms with E-state index in [2.05, 4.69) is 10.6 Å². The molecule has 0 radical (unpaired) electrons. The standard InChI is InChI=1S/C20H22ClN3O4/c1-13(19(26)23-12-14-5-3-2-4-6-14)28-18(25)11-17(24-20(22)27)15-7-9-16(21)10-8-15/h2-10,13,17H,11-12H2,1H3,(H,23,26)(H3,22,24,27)/t13-,17+/m1/s1. The van der Waals surface area contributed by atoms with Crippen LogP contribution >= 0.6 is 11.6 Å². The summed E-state index contributed by atoms with van der Waals surface area (Å²) in [5.74, 6) is -1.06. The lowest BCUT2D eigenvalue weighted by atomic mass is 10.0. The van der Waals surface area contributed by atoms with Crippen LogP contribution in [0.4, 0.5) is 4.79 Å².